The van der Waals surface area contributed by atoms with Gasteiger partial charge >= 0.3 is 0 Å². The molecular weight excluding hydrogens is 564 g/mol. The van der Waals surface area contributed by atoms with Crippen LogP contribution < -0.4 is 4.74 Å². The van der Waals surface area contributed by atoms with Gasteiger partial charge in [-0.2, -0.15) is 0 Å². The number of aromatic hydroxyl groups is 1. The zero-order chi connectivity index (χ0) is 20.9. The van der Waals surface area contributed by atoms with E-state index in [9.17, 15) is 0 Å². The Balaban J connectivity index is 0.000000179. The predicted octanol–water partition coefficient (Wildman–Crippen LogP) is 6.73. The molecule has 0 saturated carbocycles. The van der Waals surface area contributed by atoms with Crippen molar-refractivity contribution in [3.8, 4) is 11.5 Å². The Kier molecular flexibility index (Phi) is 11.0. The van der Waals surface area contributed by atoms with E-state index in [0.29, 0.717) is 12.4 Å². The number of nitrogens with zero attached hydrogens (tertiary/aromatic N) is 2. The minimum Gasteiger partial charge on any atom is -0.508 e. The summed E-state index contributed by atoms with van der Waals surface area (Å²) >= 11 is 9.72. The monoisotopic (exact) mass is 582 g/mol. The third-order valence-electron chi connectivity index (χ3n) is 3.65. The summed E-state index contributed by atoms with van der Waals surface area (Å²) < 4.78 is 5.50. The maximum Gasteiger partial charge on any atom is 0.119 e. The molecule has 0 aliphatic heterocycles. The van der Waals surface area contributed by atoms with E-state index < -0.39 is 0 Å². The second kappa shape index (κ2) is 13.5. The van der Waals surface area contributed by atoms with Crippen LogP contribution in [0.15, 0.2) is 73.3 Å². The first-order valence-electron chi connectivity index (χ1n) is 8.85. The van der Waals surface area contributed by atoms with E-state index >= 15 is 0 Å². The van der Waals surface area contributed by atoms with Gasteiger partial charge in [0.05, 0.1) is 6.61 Å². The van der Waals surface area contributed by atoms with Crippen molar-refractivity contribution in [2.75, 3.05) is 22.6 Å². The first-order valence-corrected chi connectivity index (χ1v) is 12.2. The molecule has 4 rings (SSSR count). The van der Waals surface area contributed by atoms with Crippen molar-refractivity contribution in [1.82, 2.24) is 9.97 Å². The second-order valence-electron chi connectivity index (χ2n) is 5.71. The minimum absolute atomic E-state index is 0.295. The van der Waals surface area contributed by atoms with Gasteiger partial charge in [-0.25, -0.2) is 0 Å². The maximum atomic E-state index is 9.11. The number of aromatic nitrogens is 2. The Labute approximate surface area is 195 Å². The molecule has 0 aliphatic rings. The van der Waals surface area contributed by atoms with Crippen molar-refractivity contribution in [3.05, 3.63) is 73.3 Å². The molecule has 1 N–H and O–H groups in total. The van der Waals surface area contributed by atoms with Gasteiger partial charge in [0, 0.05) is 51.6 Å². The molecule has 0 aliphatic carbocycles. The van der Waals surface area contributed by atoms with Crippen LogP contribution in [-0.4, -0.2) is 37.7 Å². The summed E-state index contributed by atoms with van der Waals surface area (Å²) in [7, 11) is 0. The molecule has 2 aromatic carbocycles. The van der Waals surface area contributed by atoms with E-state index in [0.717, 1.165) is 43.3 Å². The molecule has 0 radical (unpaired) electrons. The van der Waals surface area contributed by atoms with Gasteiger partial charge in [0.1, 0.15) is 11.5 Å². The van der Waals surface area contributed by atoms with Crippen molar-refractivity contribution in [1.29, 1.82) is 0 Å². The number of hydrogen-bond acceptors (Lipinski definition) is 4. The van der Waals surface area contributed by atoms with E-state index in [-0.39, 0.29) is 0 Å². The molecule has 7 heteroatoms. The third-order valence-corrected chi connectivity index (χ3v) is 5.83. The number of rotatable bonds is 4. The predicted molar refractivity (Wildman–Crippen MR) is 132 cm³/mol. The van der Waals surface area contributed by atoms with Crippen LogP contribution >= 0.6 is 47.8 Å². The molecule has 29 heavy (non-hydrogen) atoms. The van der Waals surface area contributed by atoms with Crippen LogP contribution in [0.25, 0.3) is 21.5 Å². The van der Waals surface area contributed by atoms with Gasteiger partial charge in [0.15, 0.2) is 0 Å². The lowest BCUT2D eigenvalue weighted by molar-refractivity contribution is 0.345. The molecule has 0 amide bonds. The second-order valence-corrected chi connectivity index (χ2v) is 8.09. The molecule has 152 valence electrons. The molecule has 0 bridgehead atoms. The van der Waals surface area contributed by atoms with Gasteiger partial charge < -0.3 is 9.84 Å². The fourth-order valence-electron chi connectivity index (χ4n) is 2.38. The quantitative estimate of drug-likeness (QED) is 0.270. The summed E-state index contributed by atoms with van der Waals surface area (Å²) in [5, 5.41) is 16.4. The van der Waals surface area contributed by atoms with Gasteiger partial charge in [-0.1, -0.05) is 47.8 Å². The summed E-state index contributed by atoms with van der Waals surface area (Å²) in [5.74, 6) is 1.20. The molecular formula is C22H21Br3N2O2. The lowest BCUT2D eigenvalue weighted by atomic mass is 10.2. The van der Waals surface area contributed by atoms with Crippen LogP contribution in [0.5, 0.6) is 11.5 Å². The van der Waals surface area contributed by atoms with E-state index in [1.165, 1.54) is 0 Å². The zero-order valence-electron chi connectivity index (χ0n) is 15.6. The van der Waals surface area contributed by atoms with Crippen molar-refractivity contribution >= 4 is 69.3 Å². The number of phenolic OH excluding ortho intramolecular Hbond substituents is 1. The molecule has 4 aromatic rings. The van der Waals surface area contributed by atoms with Gasteiger partial charge in [0.2, 0.25) is 0 Å². The SMILES string of the molecule is BrCCBr.BrCCOc1ccc2cnccc2c1.Oc1ccc2cnccc2c1. The van der Waals surface area contributed by atoms with Crippen molar-refractivity contribution in [3.63, 3.8) is 0 Å². The number of alkyl halides is 3. The standard InChI is InChI=1S/C11H10BrNO.C9H7NO.C2H4Br2/c12-4-6-14-11-2-1-10-8-13-5-3-9(10)7-11;11-9-2-1-8-6-10-4-3-7(8)5-9;3-1-2-4/h1-3,5,7-8H,4,6H2;1-6,11H;1-2H2. The topological polar surface area (TPSA) is 55.2 Å². The summed E-state index contributed by atoms with van der Waals surface area (Å²) in [6.45, 7) is 0.691. The lowest BCUT2D eigenvalue weighted by Gasteiger charge is -2.04. The Bertz CT molecular complexity index is 1010. The highest BCUT2D eigenvalue weighted by atomic mass is 79.9. The number of ether oxygens (including phenoxy) is 1. The van der Waals surface area contributed by atoms with Gasteiger partial charge in [0.25, 0.3) is 0 Å². The van der Waals surface area contributed by atoms with Crippen LogP contribution in [0.2, 0.25) is 0 Å². The number of phenols is 1. The fraction of sp³-hybridized carbons (Fsp3) is 0.182. The highest BCUT2D eigenvalue weighted by Gasteiger charge is 1.96. The molecule has 2 heterocycles. The Hall–Kier alpha value is -1.70. The van der Waals surface area contributed by atoms with E-state index in [1.807, 2.05) is 42.6 Å². The average Bonchev–Trinajstić information content (AvgIpc) is 2.78. The van der Waals surface area contributed by atoms with Crippen molar-refractivity contribution in [2.45, 2.75) is 0 Å². The highest BCUT2D eigenvalue weighted by molar-refractivity contribution is 9.12. The molecule has 0 fully saturated rings. The summed E-state index contributed by atoms with van der Waals surface area (Å²) in [5.41, 5.74) is 0. The van der Waals surface area contributed by atoms with E-state index in [1.54, 1.807) is 30.7 Å². The largest absolute Gasteiger partial charge is 0.508 e. The summed E-state index contributed by atoms with van der Waals surface area (Å²) in [6, 6.07) is 15.1. The third kappa shape index (κ3) is 8.28. The molecule has 0 saturated heterocycles. The molecule has 0 unspecified atom stereocenters. The van der Waals surface area contributed by atoms with Crippen molar-refractivity contribution < 1.29 is 9.84 Å². The smallest absolute Gasteiger partial charge is 0.119 e. The molecule has 4 nitrogen and oxygen atoms in total. The van der Waals surface area contributed by atoms with Gasteiger partial charge in [-0.3, -0.25) is 9.97 Å². The summed E-state index contributed by atoms with van der Waals surface area (Å²) in [6.07, 6.45) is 7.12. The lowest BCUT2D eigenvalue weighted by Crippen LogP contribution is -1.97. The number of halogens is 3. The van der Waals surface area contributed by atoms with Crippen LogP contribution in [-0.2, 0) is 0 Å². The fourth-order valence-corrected chi connectivity index (χ4v) is 2.54. The normalized spacial score (nSPS) is 9.90. The number of fused-ring (bicyclic) bond motifs is 2. The average molecular weight is 585 g/mol. The number of benzene rings is 2. The first kappa shape index (κ1) is 23.6. The van der Waals surface area contributed by atoms with Crippen LogP contribution in [0.1, 0.15) is 0 Å². The molecule has 0 atom stereocenters. The zero-order valence-corrected chi connectivity index (χ0v) is 20.4. The van der Waals surface area contributed by atoms with Crippen LogP contribution in [0.3, 0.4) is 0 Å². The van der Waals surface area contributed by atoms with Gasteiger partial charge in [-0.15, -0.1) is 0 Å². The highest BCUT2D eigenvalue weighted by Crippen LogP contribution is 2.20. The van der Waals surface area contributed by atoms with E-state index in [2.05, 4.69) is 57.8 Å². The number of hydrogen-bond donors (Lipinski definition) is 1. The number of pyridine rings is 2. The van der Waals surface area contributed by atoms with Gasteiger partial charge in [-0.05, 0) is 59.3 Å². The Morgan fingerprint density at radius 2 is 1.28 bits per heavy atom. The van der Waals surface area contributed by atoms with Crippen molar-refractivity contribution in [2.24, 2.45) is 0 Å². The molecule has 0 spiro atoms. The molecule has 2 aromatic heterocycles. The Morgan fingerprint density at radius 3 is 1.86 bits per heavy atom. The maximum absolute atomic E-state index is 9.11. The Morgan fingerprint density at radius 1 is 0.690 bits per heavy atom. The van der Waals surface area contributed by atoms with Crippen LogP contribution in [0, 0.1) is 0 Å². The summed E-state index contributed by atoms with van der Waals surface area (Å²) in [4.78, 5) is 8.02. The van der Waals surface area contributed by atoms with E-state index in [4.69, 9.17) is 9.84 Å². The first-order chi connectivity index (χ1) is 14.2. The minimum atomic E-state index is 0.295. The van der Waals surface area contributed by atoms with Crippen LogP contribution in [0.4, 0.5) is 0 Å².